The SMILES string of the molecule is Cc1ccc2nc3c(Br)cc(Br)c(O)c3nc2c1. The van der Waals surface area contributed by atoms with Gasteiger partial charge in [-0.15, -0.1) is 0 Å². The van der Waals surface area contributed by atoms with Gasteiger partial charge >= 0.3 is 0 Å². The van der Waals surface area contributed by atoms with Gasteiger partial charge < -0.3 is 5.11 Å². The molecule has 5 heteroatoms. The van der Waals surface area contributed by atoms with E-state index in [0.717, 1.165) is 21.1 Å². The largest absolute Gasteiger partial charge is 0.504 e. The van der Waals surface area contributed by atoms with Gasteiger partial charge in [-0.3, -0.25) is 0 Å². The number of phenolic OH excluding ortho intramolecular Hbond substituents is 1. The van der Waals surface area contributed by atoms with Crippen molar-refractivity contribution < 1.29 is 5.11 Å². The molecule has 90 valence electrons. The van der Waals surface area contributed by atoms with Crippen LogP contribution in [0.15, 0.2) is 33.2 Å². The predicted molar refractivity (Wildman–Crippen MR) is 78.8 cm³/mol. The number of aryl methyl sites for hydroxylation is 1. The molecule has 18 heavy (non-hydrogen) atoms. The maximum atomic E-state index is 10.0. The Labute approximate surface area is 120 Å². The van der Waals surface area contributed by atoms with E-state index in [-0.39, 0.29) is 5.75 Å². The summed E-state index contributed by atoms with van der Waals surface area (Å²) in [6, 6.07) is 7.65. The minimum Gasteiger partial charge on any atom is -0.504 e. The Morgan fingerprint density at radius 3 is 2.44 bits per heavy atom. The molecular weight excluding hydrogens is 360 g/mol. The van der Waals surface area contributed by atoms with Gasteiger partial charge in [0.15, 0.2) is 5.75 Å². The summed E-state index contributed by atoms with van der Waals surface area (Å²) >= 11 is 6.74. The summed E-state index contributed by atoms with van der Waals surface area (Å²) < 4.78 is 1.40. The summed E-state index contributed by atoms with van der Waals surface area (Å²) in [6.45, 7) is 2.00. The normalized spacial score (nSPS) is 11.3. The van der Waals surface area contributed by atoms with Crippen LogP contribution in [0.4, 0.5) is 0 Å². The van der Waals surface area contributed by atoms with Crippen molar-refractivity contribution in [1.29, 1.82) is 0 Å². The van der Waals surface area contributed by atoms with Crippen LogP contribution in [0.5, 0.6) is 5.75 Å². The van der Waals surface area contributed by atoms with Crippen molar-refractivity contribution in [3.63, 3.8) is 0 Å². The molecule has 0 aliphatic heterocycles. The van der Waals surface area contributed by atoms with Crippen LogP contribution < -0.4 is 0 Å². The molecular formula is C13H8Br2N2O. The zero-order valence-electron chi connectivity index (χ0n) is 9.41. The fourth-order valence-corrected chi connectivity index (χ4v) is 3.09. The first kappa shape index (κ1) is 11.9. The third-order valence-corrected chi connectivity index (χ3v) is 3.96. The van der Waals surface area contributed by atoms with Crippen LogP contribution in [0.2, 0.25) is 0 Å². The number of hydrogen-bond acceptors (Lipinski definition) is 3. The highest BCUT2D eigenvalue weighted by molar-refractivity contribution is 9.11. The molecule has 0 aliphatic carbocycles. The Kier molecular flexibility index (Phi) is 2.75. The Morgan fingerprint density at radius 1 is 0.944 bits per heavy atom. The minimum absolute atomic E-state index is 0.115. The summed E-state index contributed by atoms with van der Waals surface area (Å²) in [6.07, 6.45) is 0. The van der Waals surface area contributed by atoms with Crippen molar-refractivity contribution in [1.82, 2.24) is 9.97 Å². The third-order valence-electron chi connectivity index (χ3n) is 2.75. The zero-order chi connectivity index (χ0) is 12.9. The highest BCUT2D eigenvalue weighted by atomic mass is 79.9. The minimum atomic E-state index is 0.115. The van der Waals surface area contributed by atoms with E-state index in [1.54, 1.807) is 6.07 Å². The average molecular weight is 368 g/mol. The van der Waals surface area contributed by atoms with Crippen molar-refractivity contribution in [2.45, 2.75) is 6.92 Å². The summed E-state index contributed by atoms with van der Waals surface area (Å²) in [5.74, 6) is 0.115. The molecule has 0 fully saturated rings. The number of aromatic hydroxyl groups is 1. The molecule has 0 aliphatic rings. The number of rotatable bonds is 0. The van der Waals surface area contributed by atoms with E-state index < -0.39 is 0 Å². The molecule has 0 atom stereocenters. The second-order valence-electron chi connectivity index (χ2n) is 4.10. The number of halogens is 2. The van der Waals surface area contributed by atoms with E-state index in [1.165, 1.54) is 0 Å². The molecule has 0 spiro atoms. The summed E-state index contributed by atoms with van der Waals surface area (Å²) in [7, 11) is 0. The number of hydrogen-bond donors (Lipinski definition) is 1. The molecule has 0 bridgehead atoms. The van der Waals surface area contributed by atoms with E-state index in [2.05, 4.69) is 41.8 Å². The van der Waals surface area contributed by atoms with E-state index in [4.69, 9.17) is 0 Å². The first-order chi connectivity index (χ1) is 8.56. The summed E-state index contributed by atoms with van der Waals surface area (Å²) in [5.41, 5.74) is 3.87. The number of fused-ring (bicyclic) bond motifs is 2. The second-order valence-corrected chi connectivity index (χ2v) is 5.81. The lowest BCUT2D eigenvalue weighted by Gasteiger charge is -2.06. The van der Waals surface area contributed by atoms with Crippen LogP contribution in [0.3, 0.4) is 0 Å². The van der Waals surface area contributed by atoms with Crippen LogP contribution in [-0.2, 0) is 0 Å². The maximum absolute atomic E-state index is 10.0. The molecule has 3 nitrogen and oxygen atoms in total. The molecule has 0 unspecified atom stereocenters. The fraction of sp³-hybridized carbons (Fsp3) is 0.0769. The quantitative estimate of drug-likeness (QED) is 0.602. The van der Waals surface area contributed by atoms with E-state index in [0.29, 0.717) is 15.5 Å². The van der Waals surface area contributed by atoms with Crippen molar-refractivity contribution in [3.8, 4) is 5.75 Å². The first-order valence-corrected chi connectivity index (χ1v) is 6.90. The smallest absolute Gasteiger partial charge is 0.157 e. The van der Waals surface area contributed by atoms with Crippen LogP contribution in [0.25, 0.3) is 22.1 Å². The molecule has 0 amide bonds. The average Bonchev–Trinajstić information content (AvgIpc) is 2.34. The van der Waals surface area contributed by atoms with Gasteiger partial charge in [-0.25, -0.2) is 9.97 Å². The van der Waals surface area contributed by atoms with E-state index in [1.807, 2.05) is 25.1 Å². The van der Waals surface area contributed by atoms with Crippen LogP contribution in [0, 0.1) is 6.92 Å². The Hall–Kier alpha value is -1.20. The van der Waals surface area contributed by atoms with Crippen LogP contribution >= 0.6 is 31.9 Å². The van der Waals surface area contributed by atoms with E-state index >= 15 is 0 Å². The Bertz CT molecular complexity index is 787. The number of nitrogens with zero attached hydrogens (tertiary/aromatic N) is 2. The van der Waals surface area contributed by atoms with Crippen LogP contribution in [0.1, 0.15) is 5.56 Å². The third kappa shape index (κ3) is 1.78. The fourth-order valence-electron chi connectivity index (χ4n) is 1.86. The standard InChI is InChI=1S/C13H8Br2N2O/c1-6-2-3-9-10(4-6)17-12-11(16-9)7(14)5-8(15)13(12)18/h2-5,18H,1H3. The summed E-state index contributed by atoms with van der Waals surface area (Å²) in [5, 5.41) is 10.0. The number of phenols is 1. The lowest BCUT2D eigenvalue weighted by Crippen LogP contribution is -1.90. The van der Waals surface area contributed by atoms with Gasteiger partial charge in [-0.1, -0.05) is 6.07 Å². The van der Waals surface area contributed by atoms with Crippen molar-refractivity contribution in [3.05, 3.63) is 38.8 Å². The lowest BCUT2D eigenvalue weighted by atomic mass is 10.2. The molecule has 3 aromatic rings. The van der Waals surface area contributed by atoms with Gasteiger partial charge in [0.05, 0.1) is 15.5 Å². The molecule has 2 aromatic carbocycles. The highest BCUT2D eigenvalue weighted by Gasteiger charge is 2.12. The highest BCUT2D eigenvalue weighted by Crippen LogP contribution is 2.36. The molecule has 1 heterocycles. The first-order valence-electron chi connectivity index (χ1n) is 5.31. The molecule has 0 radical (unpaired) electrons. The zero-order valence-corrected chi connectivity index (χ0v) is 12.6. The molecule has 3 rings (SSSR count). The van der Waals surface area contributed by atoms with Gasteiger partial charge in [-0.2, -0.15) is 0 Å². The predicted octanol–water partition coefficient (Wildman–Crippen LogP) is 4.32. The topological polar surface area (TPSA) is 46.0 Å². The van der Waals surface area contributed by atoms with Gasteiger partial charge in [0.2, 0.25) is 0 Å². The monoisotopic (exact) mass is 366 g/mol. The van der Waals surface area contributed by atoms with Gasteiger partial charge in [0.1, 0.15) is 11.0 Å². The van der Waals surface area contributed by atoms with Gasteiger partial charge in [-0.05, 0) is 62.5 Å². The molecule has 0 saturated heterocycles. The van der Waals surface area contributed by atoms with Gasteiger partial charge in [0, 0.05) is 4.47 Å². The van der Waals surface area contributed by atoms with Crippen molar-refractivity contribution in [2.24, 2.45) is 0 Å². The lowest BCUT2D eigenvalue weighted by molar-refractivity contribution is 0.477. The second kappa shape index (κ2) is 4.17. The molecule has 1 N–H and O–H groups in total. The Morgan fingerprint density at radius 2 is 1.67 bits per heavy atom. The number of aromatic nitrogens is 2. The number of benzene rings is 2. The summed E-state index contributed by atoms with van der Waals surface area (Å²) in [4.78, 5) is 9.02. The van der Waals surface area contributed by atoms with E-state index in [9.17, 15) is 5.11 Å². The molecule has 1 aromatic heterocycles. The van der Waals surface area contributed by atoms with Crippen molar-refractivity contribution in [2.75, 3.05) is 0 Å². The Balaban J connectivity index is 2.52. The van der Waals surface area contributed by atoms with Crippen molar-refractivity contribution >= 4 is 53.9 Å². The maximum Gasteiger partial charge on any atom is 0.157 e. The van der Waals surface area contributed by atoms with Gasteiger partial charge in [0.25, 0.3) is 0 Å². The molecule has 0 saturated carbocycles. The van der Waals surface area contributed by atoms with Crippen LogP contribution in [-0.4, -0.2) is 15.1 Å².